The van der Waals surface area contributed by atoms with Crippen LogP contribution in [0.1, 0.15) is 41.5 Å². The van der Waals surface area contributed by atoms with Gasteiger partial charge >= 0.3 is 0 Å². The Balaban J connectivity index is 1.10. The highest BCUT2D eigenvalue weighted by molar-refractivity contribution is 7.16. The van der Waals surface area contributed by atoms with E-state index in [2.05, 4.69) is 20.9 Å². The van der Waals surface area contributed by atoms with Gasteiger partial charge < -0.3 is 19.8 Å². The molecule has 2 aromatic carbocycles. The zero-order valence-electron chi connectivity index (χ0n) is 25.5. The van der Waals surface area contributed by atoms with E-state index in [0.717, 1.165) is 63.4 Å². The van der Waals surface area contributed by atoms with E-state index >= 15 is 4.39 Å². The molecule has 3 fully saturated rings. The number of aromatic nitrogens is 2. The quantitative estimate of drug-likeness (QED) is 0.314. The Bertz CT molecular complexity index is 1900. The molecule has 12 heteroatoms. The molecule has 9 nitrogen and oxygen atoms in total. The highest BCUT2D eigenvalue weighted by atomic mass is 32.1. The Labute approximate surface area is 269 Å². The third-order valence-corrected chi connectivity index (χ3v) is 11.0. The van der Waals surface area contributed by atoms with Crippen molar-refractivity contribution in [3.05, 3.63) is 64.2 Å². The molecule has 0 radical (unpaired) electrons. The number of halogens is 2. The summed E-state index contributed by atoms with van der Waals surface area (Å²) in [6, 6.07) is 11.6. The SMILES string of the molecule is CN(c1nc(-c2ccc(F)cc2)c(C#N)s1)c1c2c(nc3c(F)cc(N4CC5(CN(CC(=O)N6CCCC6)C5)C4)cc13)C(O)CC2. The number of pyridine rings is 1. The number of nitrogens with zero attached hydrogens (tertiary/aromatic N) is 7. The minimum atomic E-state index is -0.791. The zero-order valence-corrected chi connectivity index (χ0v) is 26.3. The number of fused-ring (bicyclic) bond motifs is 2. The van der Waals surface area contributed by atoms with Gasteiger partial charge in [-0.25, -0.2) is 18.7 Å². The Hall–Kier alpha value is -4.18. The van der Waals surface area contributed by atoms with Crippen LogP contribution >= 0.6 is 11.3 Å². The normalized spacial score (nSPS) is 20.1. The van der Waals surface area contributed by atoms with Crippen LogP contribution in [0.15, 0.2) is 36.4 Å². The number of hydrogen-bond acceptors (Lipinski definition) is 9. The molecule has 3 saturated heterocycles. The van der Waals surface area contributed by atoms with Gasteiger partial charge in [-0.05, 0) is 62.1 Å². The van der Waals surface area contributed by atoms with Gasteiger partial charge in [0, 0.05) is 73.9 Å². The first-order valence-electron chi connectivity index (χ1n) is 15.7. The van der Waals surface area contributed by atoms with Crippen LogP contribution in [0.4, 0.5) is 25.3 Å². The first-order valence-corrected chi connectivity index (χ1v) is 16.5. The fourth-order valence-electron chi connectivity index (χ4n) is 7.70. The van der Waals surface area contributed by atoms with Crippen LogP contribution in [-0.2, 0) is 11.2 Å². The average molecular weight is 642 g/mol. The number of benzene rings is 2. The van der Waals surface area contributed by atoms with Crippen LogP contribution in [0, 0.1) is 28.4 Å². The largest absolute Gasteiger partial charge is 0.387 e. The molecule has 1 atom stereocenters. The molecule has 1 spiro atoms. The summed E-state index contributed by atoms with van der Waals surface area (Å²) in [7, 11) is 1.84. The maximum Gasteiger partial charge on any atom is 0.236 e. The molecule has 4 aromatic rings. The van der Waals surface area contributed by atoms with E-state index in [9.17, 15) is 19.6 Å². The molecular weight excluding hydrogens is 608 g/mol. The highest BCUT2D eigenvalue weighted by Crippen LogP contribution is 2.47. The Morgan fingerprint density at radius 2 is 1.87 bits per heavy atom. The Morgan fingerprint density at radius 1 is 1.13 bits per heavy atom. The molecule has 3 aliphatic heterocycles. The van der Waals surface area contributed by atoms with Crippen molar-refractivity contribution in [2.45, 2.75) is 31.8 Å². The minimum absolute atomic E-state index is 0.113. The molecule has 5 heterocycles. The molecule has 0 bridgehead atoms. The van der Waals surface area contributed by atoms with Crippen molar-refractivity contribution in [3.63, 3.8) is 0 Å². The van der Waals surface area contributed by atoms with Crippen LogP contribution in [-0.4, -0.2) is 83.6 Å². The second-order valence-electron chi connectivity index (χ2n) is 13.1. The summed E-state index contributed by atoms with van der Waals surface area (Å²) < 4.78 is 29.5. The number of thiazole rings is 1. The van der Waals surface area contributed by atoms with Gasteiger partial charge in [0.05, 0.1) is 24.0 Å². The number of aliphatic hydroxyl groups is 1. The predicted molar refractivity (Wildman–Crippen MR) is 172 cm³/mol. The van der Waals surface area contributed by atoms with E-state index < -0.39 is 11.9 Å². The summed E-state index contributed by atoms with van der Waals surface area (Å²) in [4.78, 5) is 30.6. The number of rotatable bonds is 6. The fourth-order valence-corrected chi connectivity index (χ4v) is 8.55. The van der Waals surface area contributed by atoms with E-state index in [1.54, 1.807) is 12.1 Å². The lowest BCUT2D eigenvalue weighted by Crippen LogP contribution is -2.73. The van der Waals surface area contributed by atoms with Gasteiger partial charge in [-0.3, -0.25) is 9.69 Å². The van der Waals surface area contributed by atoms with E-state index in [4.69, 9.17) is 4.98 Å². The van der Waals surface area contributed by atoms with Crippen LogP contribution < -0.4 is 9.80 Å². The summed E-state index contributed by atoms with van der Waals surface area (Å²) in [5, 5.41) is 21.8. The topological polar surface area (TPSA) is 99.8 Å². The maximum absolute atomic E-state index is 15.9. The standard InChI is InChI=1S/C34H33F2N7O2S/c1-40(33-39-29(27(14-37)46-33)20-4-6-21(35)7-5-20)32-23-8-9-26(44)31(23)38-30-24(32)12-22(13-25(30)36)43-18-34(19-43)16-41(17-34)15-28(45)42-10-2-3-11-42/h4-7,12-13,26,44H,2-3,8-11,15-19H2,1H3. The number of amides is 1. The summed E-state index contributed by atoms with van der Waals surface area (Å²) in [6.45, 7) is 5.50. The Morgan fingerprint density at radius 3 is 2.59 bits per heavy atom. The number of carbonyl (C=O) groups excluding carboxylic acids is 1. The minimum Gasteiger partial charge on any atom is -0.387 e. The van der Waals surface area contributed by atoms with E-state index in [-0.39, 0.29) is 22.7 Å². The van der Waals surface area contributed by atoms with E-state index in [1.807, 2.05) is 22.9 Å². The van der Waals surface area contributed by atoms with Crippen LogP contribution in [0.2, 0.25) is 0 Å². The second-order valence-corrected chi connectivity index (χ2v) is 14.1. The summed E-state index contributed by atoms with van der Waals surface area (Å²) in [5.74, 6) is -0.616. The third kappa shape index (κ3) is 4.80. The van der Waals surface area contributed by atoms with Gasteiger partial charge in [0.15, 0.2) is 10.9 Å². The number of hydrogen-bond donors (Lipinski definition) is 1. The first kappa shape index (κ1) is 29.2. The maximum atomic E-state index is 15.9. The molecule has 8 rings (SSSR count). The van der Waals surface area contributed by atoms with Crippen molar-refractivity contribution in [1.82, 2.24) is 19.8 Å². The lowest BCUT2D eigenvalue weighted by atomic mass is 9.72. The van der Waals surface area contributed by atoms with Crippen molar-refractivity contribution < 1.29 is 18.7 Å². The van der Waals surface area contributed by atoms with Crippen molar-refractivity contribution in [1.29, 1.82) is 5.26 Å². The summed E-state index contributed by atoms with van der Waals surface area (Å²) in [6.07, 6.45) is 2.45. The monoisotopic (exact) mass is 641 g/mol. The van der Waals surface area contributed by atoms with Crippen molar-refractivity contribution in [3.8, 4) is 17.3 Å². The number of aliphatic hydroxyl groups excluding tert-OH is 1. The molecule has 4 aliphatic rings. The molecular formula is C34H33F2N7O2S. The molecule has 1 unspecified atom stereocenters. The number of likely N-dealkylation sites (tertiary alicyclic amines) is 2. The fraction of sp³-hybridized carbons (Fsp3) is 0.412. The summed E-state index contributed by atoms with van der Waals surface area (Å²) in [5.41, 5.74) is 4.18. The van der Waals surface area contributed by atoms with Crippen molar-refractivity contribution in [2.75, 3.05) is 62.7 Å². The van der Waals surface area contributed by atoms with Gasteiger partial charge in [0.1, 0.15) is 28.0 Å². The molecule has 1 aliphatic carbocycles. The summed E-state index contributed by atoms with van der Waals surface area (Å²) >= 11 is 1.21. The predicted octanol–water partition coefficient (Wildman–Crippen LogP) is 5.00. The number of nitriles is 1. The van der Waals surface area contributed by atoms with Crippen molar-refractivity contribution in [2.24, 2.45) is 5.41 Å². The second kappa shape index (κ2) is 11.0. The van der Waals surface area contributed by atoms with E-state index in [0.29, 0.717) is 57.4 Å². The van der Waals surface area contributed by atoms with E-state index in [1.165, 1.54) is 29.5 Å². The molecule has 2 aromatic heterocycles. The lowest BCUT2D eigenvalue weighted by molar-refractivity contribution is -0.135. The third-order valence-electron chi connectivity index (χ3n) is 9.92. The molecule has 0 saturated carbocycles. The van der Waals surface area contributed by atoms with Gasteiger partial charge in [0.2, 0.25) is 5.91 Å². The van der Waals surface area contributed by atoms with Crippen LogP contribution in [0.25, 0.3) is 22.2 Å². The Kier molecular flexibility index (Phi) is 6.97. The van der Waals surface area contributed by atoms with Gasteiger partial charge in [0.25, 0.3) is 0 Å². The molecule has 1 amide bonds. The zero-order chi connectivity index (χ0) is 31.7. The van der Waals surface area contributed by atoms with Gasteiger partial charge in [-0.2, -0.15) is 5.26 Å². The van der Waals surface area contributed by atoms with Crippen LogP contribution in [0.3, 0.4) is 0 Å². The van der Waals surface area contributed by atoms with Crippen LogP contribution in [0.5, 0.6) is 0 Å². The number of carbonyl (C=O) groups is 1. The van der Waals surface area contributed by atoms with Gasteiger partial charge in [-0.15, -0.1) is 0 Å². The smallest absolute Gasteiger partial charge is 0.236 e. The first-order chi connectivity index (χ1) is 22.2. The highest BCUT2D eigenvalue weighted by Gasteiger charge is 2.52. The number of anilines is 3. The molecule has 1 N–H and O–H groups in total. The molecule has 46 heavy (non-hydrogen) atoms. The lowest BCUT2D eigenvalue weighted by Gasteiger charge is -2.61. The van der Waals surface area contributed by atoms with Crippen molar-refractivity contribution >= 4 is 44.7 Å². The average Bonchev–Trinajstić information content (AvgIpc) is 3.77. The van der Waals surface area contributed by atoms with Gasteiger partial charge in [-0.1, -0.05) is 11.3 Å². The molecule has 236 valence electrons.